The maximum absolute atomic E-state index is 12.5. The summed E-state index contributed by atoms with van der Waals surface area (Å²) in [6.07, 6.45) is 5.40. The van der Waals surface area contributed by atoms with Crippen LogP contribution >= 0.6 is 0 Å². The fourth-order valence-corrected chi connectivity index (χ4v) is 3.42. The fraction of sp³-hybridized carbons (Fsp3) is 0.562. The molecule has 1 aromatic carbocycles. The minimum atomic E-state index is 0.0779. The predicted molar refractivity (Wildman–Crippen MR) is 80.6 cm³/mol. The van der Waals surface area contributed by atoms with Gasteiger partial charge < -0.3 is 10.6 Å². The maximum Gasteiger partial charge on any atom is 0.256 e. The van der Waals surface area contributed by atoms with Gasteiger partial charge >= 0.3 is 0 Å². The van der Waals surface area contributed by atoms with Crippen LogP contribution in [0.15, 0.2) is 24.3 Å². The highest BCUT2D eigenvalue weighted by atomic mass is 16.2. The molecule has 1 amide bonds. The van der Waals surface area contributed by atoms with Crippen LogP contribution in [0.2, 0.25) is 0 Å². The first kappa shape index (κ1) is 13.4. The lowest BCUT2D eigenvalue weighted by Gasteiger charge is -2.38. The Bertz CT molecular complexity index is 474. The summed E-state index contributed by atoms with van der Waals surface area (Å²) in [5, 5.41) is 0. The number of piperazine rings is 1. The zero-order chi connectivity index (χ0) is 13.9. The summed E-state index contributed by atoms with van der Waals surface area (Å²) in [6.45, 7) is 3.65. The van der Waals surface area contributed by atoms with Crippen LogP contribution < -0.4 is 5.73 Å². The topological polar surface area (TPSA) is 49.6 Å². The lowest BCUT2D eigenvalue weighted by atomic mass is 10.1. The van der Waals surface area contributed by atoms with Crippen LogP contribution in [0.1, 0.15) is 36.0 Å². The minimum absolute atomic E-state index is 0.0779. The first-order valence-electron chi connectivity index (χ1n) is 7.63. The largest absolute Gasteiger partial charge is 0.398 e. The quantitative estimate of drug-likeness (QED) is 0.838. The summed E-state index contributed by atoms with van der Waals surface area (Å²) in [6, 6.07) is 8.11. The lowest BCUT2D eigenvalue weighted by Crippen LogP contribution is -2.51. The molecule has 0 unspecified atom stereocenters. The third-order valence-corrected chi connectivity index (χ3v) is 4.63. The monoisotopic (exact) mass is 273 g/mol. The first-order valence-corrected chi connectivity index (χ1v) is 7.63. The van der Waals surface area contributed by atoms with Crippen LogP contribution in [0.4, 0.5) is 5.69 Å². The molecule has 1 saturated carbocycles. The Morgan fingerprint density at radius 2 is 1.70 bits per heavy atom. The van der Waals surface area contributed by atoms with Crippen molar-refractivity contribution in [2.24, 2.45) is 0 Å². The first-order chi connectivity index (χ1) is 9.75. The molecule has 108 valence electrons. The Morgan fingerprint density at radius 1 is 1.05 bits per heavy atom. The van der Waals surface area contributed by atoms with Crippen molar-refractivity contribution in [2.75, 3.05) is 31.9 Å². The minimum Gasteiger partial charge on any atom is -0.398 e. The molecule has 1 saturated heterocycles. The average Bonchev–Trinajstić information content (AvgIpc) is 3.01. The number of rotatable bonds is 2. The highest BCUT2D eigenvalue weighted by Gasteiger charge is 2.28. The molecule has 1 aliphatic heterocycles. The Balaban J connectivity index is 1.60. The average molecular weight is 273 g/mol. The standard InChI is InChI=1S/C16H23N3O/c17-15-8-4-3-7-14(15)16(20)19-11-9-18(10-12-19)13-5-1-2-6-13/h3-4,7-8,13H,1-2,5-6,9-12,17H2. The maximum atomic E-state index is 12.5. The van der Waals surface area contributed by atoms with E-state index in [0.29, 0.717) is 11.3 Å². The molecule has 1 heterocycles. The number of nitrogens with zero attached hydrogens (tertiary/aromatic N) is 2. The van der Waals surface area contributed by atoms with E-state index < -0.39 is 0 Å². The summed E-state index contributed by atoms with van der Waals surface area (Å²) < 4.78 is 0. The molecule has 1 aromatic rings. The number of anilines is 1. The van der Waals surface area contributed by atoms with Gasteiger partial charge in [0.05, 0.1) is 5.56 Å². The summed E-state index contributed by atoms with van der Waals surface area (Å²) >= 11 is 0. The molecule has 2 N–H and O–H groups in total. The van der Waals surface area contributed by atoms with Crippen molar-refractivity contribution in [1.82, 2.24) is 9.80 Å². The number of amides is 1. The molecular formula is C16H23N3O. The van der Waals surface area contributed by atoms with E-state index in [1.165, 1.54) is 25.7 Å². The van der Waals surface area contributed by atoms with Gasteiger partial charge in [0.25, 0.3) is 5.91 Å². The molecule has 20 heavy (non-hydrogen) atoms. The molecule has 2 aliphatic rings. The van der Waals surface area contributed by atoms with Crippen LogP contribution in [0, 0.1) is 0 Å². The number of carbonyl (C=O) groups is 1. The van der Waals surface area contributed by atoms with Crippen molar-refractivity contribution < 1.29 is 4.79 Å². The molecule has 0 bridgehead atoms. The molecule has 4 heteroatoms. The van der Waals surface area contributed by atoms with E-state index in [1.54, 1.807) is 6.07 Å². The van der Waals surface area contributed by atoms with Gasteiger partial charge in [0.15, 0.2) is 0 Å². The van der Waals surface area contributed by atoms with Crippen LogP contribution in [0.25, 0.3) is 0 Å². The van der Waals surface area contributed by atoms with Crippen molar-refractivity contribution in [1.29, 1.82) is 0 Å². The lowest BCUT2D eigenvalue weighted by molar-refractivity contribution is 0.0574. The normalized spacial score (nSPS) is 21.3. The van der Waals surface area contributed by atoms with Crippen molar-refractivity contribution in [3.8, 4) is 0 Å². The summed E-state index contributed by atoms with van der Waals surface area (Å²) in [5.74, 6) is 0.0779. The molecule has 0 radical (unpaired) electrons. The van der Waals surface area contributed by atoms with Crippen molar-refractivity contribution >= 4 is 11.6 Å². The van der Waals surface area contributed by atoms with Gasteiger partial charge in [-0.1, -0.05) is 25.0 Å². The molecule has 2 fully saturated rings. The van der Waals surface area contributed by atoms with Crippen LogP contribution in [0.5, 0.6) is 0 Å². The van der Waals surface area contributed by atoms with Crippen LogP contribution in [0.3, 0.4) is 0 Å². The second kappa shape index (κ2) is 5.83. The molecule has 4 nitrogen and oxygen atoms in total. The van der Waals surface area contributed by atoms with Crippen LogP contribution in [-0.4, -0.2) is 47.9 Å². The zero-order valence-electron chi connectivity index (χ0n) is 11.9. The van der Waals surface area contributed by atoms with E-state index in [-0.39, 0.29) is 5.91 Å². The summed E-state index contributed by atoms with van der Waals surface area (Å²) in [7, 11) is 0. The van der Waals surface area contributed by atoms with Gasteiger partial charge in [-0.05, 0) is 25.0 Å². The Hall–Kier alpha value is -1.55. The SMILES string of the molecule is Nc1ccccc1C(=O)N1CCN(C2CCCC2)CC1. The molecule has 1 aliphatic carbocycles. The number of nitrogen functional groups attached to an aromatic ring is 1. The molecule has 0 spiro atoms. The fourth-order valence-electron chi connectivity index (χ4n) is 3.42. The van der Waals surface area contributed by atoms with Gasteiger partial charge in [-0.25, -0.2) is 0 Å². The van der Waals surface area contributed by atoms with Crippen molar-refractivity contribution in [2.45, 2.75) is 31.7 Å². The highest BCUT2D eigenvalue weighted by Crippen LogP contribution is 2.24. The third kappa shape index (κ3) is 2.66. The van der Waals surface area contributed by atoms with Crippen LogP contribution in [-0.2, 0) is 0 Å². The number of hydrogen-bond donors (Lipinski definition) is 1. The van der Waals surface area contributed by atoms with E-state index in [9.17, 15) is 4.79 Å². The third-order valence-electron chi connectivity index (χ3n) is 4.63. The Morgan fingerprint density at radius 3 is 2.35 bits per heavy atom. The number of para-hydroxylation sites is 1. The van der Waals surface area contributed by atoms with E-state index in [1.807, 2.05) is 23.1 Å². The van der Waals surface area contributed by atoms with Gasteiger partial charge in [0.1, 0.15) is 0 Å². The van der Waals surface area contributed by atoms with E-state index in [2.05, 4.69) is 4.90 Å². The summed E-state index contributed by atoms with van der Waals surface area (Å²) in [5.41, 5.74) is 7.12. The molecule has 0 atom stereocenters. The number of hydrogen-bond acceptors (Lipinski definition) is 3. The number of nitrogens with two attached hydrogens (primary N) is 1. The Kier molecular flexibility index (Phi) is 3.92. The van der Waals surface area contributed by atoms with Gasteiger partial charge in [-0.2, -0.15) is 0 Å². The summed E-state index contributed by atoms with van der Waals surface area (Å²) in [4.78, 5) is 17.0. The smallest absolute Gasteiger partial charge is 0.256 e. The van der Waals surface area contributed by atoms with Crippen molar-refractivity contribution in [3.05, 3.63) is 29.8 Å². The number of benzene rings is 1. The predicted octanol–water partition coefficient (Wildman–Crippen LogP) is 1.97. The zero-order valence-corrected chi connectivity index (χ0v) is 11.9. The molecular weight excluding hydrogens is 250 g/mol. The second-order valence-electron chi connectivity index (χ2n) is 5.85. The van der Waals surface area contributed by atoms with E-state index in [4.69, 9.17) is 5.73 Å². The van der Waals surface area contributed by atoms with Crippen molar-refractivity contribution in [3.63, 3.8) is 0 Å². The molecule has 0 aromatic heterocycles. The number of carbonyl (C=O) groups excluding carboxylic acids is 1. The van der Waals surface area contributed by atoms with Gasteiger partial charge in [0.2, 0.25) is 0 Å². The highest BCUT2D eigenvalue weighted by molar-refractivity contribution is 5.99. The van der Waals surface area contributed by atoms with Gasteiger partial charge in [0, 0.05) is 37.9 Å². The van der Waals surface area contributed by atoms with Gasteiger partial charge in [-0.3, -0.25) is 9.69 Å². The van der Waals surface area contributed by atoms with Gasteiger partial charge in [-0.15, -0.1) is 0 Å². The van der Waals surface area contributed by atoms with E-state index in [0.717, 1.165) is 32.2 Å². The van der Waals surface area contributed by atoms with E-state index >= 15 is 0 Å². The Labute approximate surface area is 120 Å². The second-order valence-corrected chi connectivity index (χ2v) is 5.85. The molecule has 3 rings (SSSR count).